The number of hydrogen-bond acceptors (Lipinski definition) is 3. The standard InChI is InChI=1S/C11H15FO3/c1-7(13)11-8(6-14-2)4-9(12)5-10(11)15-3/h4-5,7,13H,6H2,1-3H3. The fraction of sp³-hybridized carbons (Fsp3) is 0.455. The van der Waals surface area contributed by atoms with Crippen molar-refractivity contribution in [3.05, 3.63) is 29.1 Å². The van der Waals surface area contributed by atoms with Gasteiger partial charge in [-0.25, -0.2) is 4.39 Å². The molecular weight excluding hydrogens is 199 g/mol. The van der Waals surface area contributed by atoms with Crippen LogP contribution in [0.25, 0.3) is 0 Å². The summed E-state index contributed by atoms with van der Waals surface area (Å²) in [6.07, 6.45) is -0.717. The molecule has 0 aliphatic rings. The molecule has 0 aliphatic carbocycles. The molecule has 0 saturated carbocycles. The van der Waals surface area contributed by atoms with Gasteiger partial charge in [-0.3, -0.25) is 0 Å². The first-order chi connectivity index (χ1) is 7.10. The van der Waals surface area contributed by atoms with Gasteiger partial charge in [0.15, 0.2) is 0 Å². The quantitative estimate of drug-likeness (QED) is 0.833. The Balaban J connectivity index is 3.26. The normalized spacial score (nSPS) is 12.6. The van der Waals surface area contributed by atoms with E-state index < -0.39 is 11.9 Å². The van der Waals surface area contributed by atoms with E-state index in [4.69, 9.17) is 9.47 Å². The second-order valence-corrected chi connectivity index (χ2v) is 3.29. The predicted octanol–water partition coefficient (Wildman–Crippen LogP) is 2.03. The first-order valence-electron chi connectivity index (χ1n) is 4.63. The maximum Gasteiger partial charge on any atom is 0.127 e. The molecule has 0 amide bonds. The third-order valence-corrected chi connectivity index (χ3v) is 2.13. The number of halogens is 1. The van der Waals surface area contributed by atoms with Gasteiger partial charge < -0.3 is 14.6 Å². The molecule has 0 fully saturated rings. The molecule has 0 aromatic heterocycles. The van der Waals surface area contributed by atoms with Crippen molar-refractivity contribution in [3.8, 4) is 5.75 Å². The highest BCUT2D eigenvalue weighted by Gasteiger charge is 2.15. The van der Waals surface area contributed by atoms with Crippen molar-refractivity contribution in [1.29, 1.82) is 0 Å². The van der Waals surface area contributed by atoms with Crippen LogP contribution in [0, 0.1) is 5.82 Å². The molecule has 1 unspecified atom stereocenters. The summed E-state index contributed by atoms with van der Waals surface area (Å²) in [6.45, 7) is 1.85. The van der Waals surface area contributed by atoms with E-state index in [-0.39, 0.29) is 6.61 Å². The Morgan fingerprint density at radius 3 is 2.53 bits per heavy atom. The lowest BCUT2D eigenvalue weighted by molar-refractivity contribution is 0.168. The number of methoxy groups -OCH3 is 2. The molecule has 0 aliphatic heterocycles. The number of hydrogen-bond donors (Lipinski definition) is 1. The Bertz CT molecular complexity index is 337. The van der Waals surface area contributed by atoms with E-state index in [9.17, 15) is 9.50 Å². The van der Waals surface area contributed by atoms with E-state index in [1.165, 1.54) is 26.4 Å². The monoisotopic (exact) mass is 214 g/mol. The smallest absolute Gasteiger partial charge is 0.127 e. The summed E-state index contributed by atoms with van der Waals surface area (Å²) in [4.78, 5) is 0. The molecule has 84 valence electrons. The largest absolute Gasteiger partial charge is 0.496 e. The molecule has 0 radical (unpaired) electrons. The Hall–Kier alpha value is -1.13. The van der Waals surface area contributed by atoms with Gasteiger partial charge in [0.2, 0.25) is 0 Å². The second kappa shape index (κ2) is 5.09. The van der Waals surface area contributed by atoms with Crippen LogP contribution in [-0.2, 0) is 11.3 Å². The summed E-state index contributed by atoms with van der Waals surface area (Å²) >= 11 is 0. The van der Waals surface area contributed by atoms with Crippen molar-refractivity contribution >= 4 is 0 Å². The zero-order chi connectivity index (χ0) is 11.4. The zero-order valence-corrected chi connectivity index (χ0v) is 9.08. The van der Waals surface area contributed by atoms with Crippen molar-refractivity contribution in [2.24, 2.45) is 0 Å². The second-order valence-electron chi connectivity index (χ2n) is 3.29. The van der Waals surface area contributed by atoms with Crippen molar-refractivity contribution in [3.63, 3.8) is 0 Å². The van der Waals surface area contributed by atoms with Crippen molar-refractivity contribution < 1.29 is 19.0 Å². The van der Waals surface area contributed by atoms with E-state index in [1.807, 2.05) is 0 Å². The minimum Gasteiger partial charge on any atom is -0.496 e. The number of aliphatic hydroxyl groups excluding tert-OH is 1. The molecule has 1 rings (SSSR count). The molecular formula is C11H15FO3. The highest BCUT2D eigenvalue weighted by Crippen LogP contribution is 2.30. The van der Waals surface area contributed by atoms with Crippen LogP contribution in [0.4, 0.5) is 4.39 Å². The van der Waals surface area contributed by atoms with Gasteiger partial charge in [-0.05, 0) is 18.6 Å². The molecule has 15 heavy (non-hydrogen) atoms. The average Bonchev–Trinajstić information content (AvgIpc) is 2.16. The molecule has 4 heteroatoms. The molecule has 1 aromatic carbocycles. The first kappa shape index (κ1) is 11.9. The van der Waals surface area contributed by atoms with Gasteiger partial charge in [0.05, 0.1) is 19.8 Å². The molecule has 1 aromatic rings. The molecule has 0 spiro atoms. The summed E-state index contributed by atoms with van der Waals surface area (Å²) in [5.74, 6) is -0.0552. The van der Waals surface area contributed by atoms with Crippen LogP contribution >= 0.6 is 0 Å². The predicted molar refractivity (Wildman–Crippen MR) is 54.3 cm³/mol. The van der Waals surface area contributed by atoms with Crippen molar-refractivity contribution in [1.82, 2.24) is 0 Å². The fourth-order valence-electron chi connectivity index (χ4n) is 1.57. The zero-order valence-electron chi connectivity index (χ0n) is 9.08. The van der Waals surface area contributed by atoms with Gasteiger partial charge in [0, 0.05) is 18.7 Å². The highest BCUT2D eigenvalue weighted by atomic mass is 19.1. The molecule has 1 atom stereocenters. The van der Waals surface area contributed by atoms with Gasteiger partial charge in [0.25, 0.3) is 0 Å². The number of ether oxygens (including phenoxy) is 2. The molecule has 0 heterocycles. The minimum absolute atomic E-state index is 0.244. The summed E-state index contributed by atoms with van der Waals surface area (Å²) in [5, 5.41) is 9.58. The van der Waals surface area contributed by atoms with Crippen LogP contribution in [0.15, 0.2) is 12.1 Å². The van der Waals surface area contributed by atoms with Crippen LogP contribution < -0.4 is 4.74 Å². The van der Waals surface area contributed by atoms with Crippen molar-refractivity contribution in [2.45, 2.75) is 19.6 Å². The average molecular weight is 214 g/mol. The van der Waals surface area contributed by atoms with Gasteiger partial charge in [-0.2, -0.15) is 0 Å². The topological polar surface area (TPSA) is 38.7 Å². The number of benzene rings is 1. The van der Waals surface area contributed by atoms with Crippen LogP contribution in [0.5, 0.6) is 5.75 Å². The van der Waals surface area contributed by atoms with Crippen LogP contribution in [0.2, 0.25) is 0 Å². The maximum absolute atomic E-state index is 13.2. The van der Waals surface area contributed by atoms with Crippen LogP contribution in [0.1, 0.15) is 24.2 Å². The summed E-state index contributed by atoms with van der Waals surface area (Å²) in [7, 11) is 2.96. The lowest BCUT2D eigenvalue weighted by atomic mass is 10.0. The van der Waals surface area contributed by atoms with Crippen molar-refractivity contribution in [2.75, 3.05) is 14.2 Å². The minimum atomic E-state index is -0.717. The summed E-state index contributed by atoms with van der Waals surface area (Å²) in [5.41, 5.74) is 1.17. The Kier molecular flexibility index (Phi) is 4.05. The lowest BCUT2D eigenvalue weighted by Gasteiger charge is -2.15. The highest BCUT2D eigenvalue weighted by molar-refractivity contribution is 5.42. The van der Waals surface area contributed by atoms with E-state index >= 15 is 0 Å². The van der Waals surface area contributed by atoms with Gasteiger partial charge in [-0.1, -0.05) is 0 Å². The first-order valence-corrected chi connectivity index (χ1v) is 4.63. The SMILES string of the molecule is COCc1cc(F)cc(OC)c1C(C)O. The number of aliphatic hydroxyl groups is 1. The lowest BCUT2D eigenvalue weighted by Crippen LogP contribution is -2.04. The van der Waals surface area contributed by atoms with E-state index in [0.717, 1.165) is 0 Å². The van der Waals surface area contributed by atoms with Gasteiger partial charge in [0.1, 0.15) is 11.6 Å². The third-order valence-electron chi connectivity index (χ3n) is 2.13. The van der Waals surface area contributed by atoms with Crippen LogP contribution in [-0.4, -0.2) is 19.3 Å². The summed E-state index contributed by atoms with van der Waals surface area (Å²) in [6, 6.07) is 2.59. The van der Waals surface area contributed by atoms with E-state index in [2.05, 4.69) is 0 Å². The number of rotatable bonds is 4. The van der Waals surface area contributed by atoms with E-state index in [0.29, 0.717) is 16.9 Å². The molecule has 0 bridgehead atoms. The maximum atomic E-state index is 13.2. The van der Waals surface area contributed by atoms with Gasteiger partial charge >= 0.3 is 0 Å². The molecule has 1 N–H and O–H groups in total. The third kappa shape index (κ3) is 2.67. The molecule has 3 nitrogen and oxygen atoms in total. The Morgan fingerprint density at radius 1 is 1.40 bits per heavy atom. The van der Waals surface area contributed by atoms with E-state index in [1.54, 1.807) is 6.92 Å². The molecule has 0 saturated heterocycles. The fourth-order valence-corrected chi connectivity index (χ4v) is 1.57. The summed E-state index contributed by atoms with van der Waals surface area (Å²) < 4.78 is 23.1. The Labute approximate surface area is 88.4 Å². The Morgan fingerprint density at radius 2 is 2.07 bits per heavy atom. The van der Waals surface area contributed by atoms with Crippen LogP contribution in [0.3, 0.4) is 0 Å². The van der Waals surface area contributed by atoms with Gasteiger partial charge in [-0.15, -0.1) is 0 Å².